The summed E-state index contributed by atoms with van der Waals surface area (Å²) in [6, 6.07) is 14.6. The molecular weight excluding hydrogens is 374 g/mol. The summed E-state index contributed by atoms with van der Waals surface area (Å²) in [6.45, 7) is 2.97. The summed E-state index contributed by atoms with van der Waals surface area (Å²) < 4.78 is 5.75. The molecule has 1 saturated heterocycles. The first-order valence-corrected chi connectivity index (χ1v) is 10.1. The van der Waals surface area contributed by atoms with Gasteiger partial charge in [-0.3, -0.25) is 4.79 Å². The van der Waals surface area contributed by atoms with Gasteiger partial charge in [-0.2, -0.15) is 0 Å². The monoisotopic (exact) mass is 395 g/mol. The number of amides is 1. The maximum absolute atomic E-state index is 12.9. The fourth-order valence-electron chi connectivity index (χ4n) is 3.25. The Morgan fingerprint density at radius 1 is 1.11 bits per heavy atom. The Kier molecular flexibility index (Phi) is 5.43. The maximum Gasteiger partial charge on any atom is 0.254 e. The number of ether oxygens (including phenoxy) is 1. The van der Waals surface area contributed by atoms with Crippen LogP contribution in [0.4, 0.5) is 5.69 Å². The Hall–Kier alpha value is -3.06. The van der Waals surface area contributed by atoms with Gasteiger partial charge in [-0.15, -0.1) is 11.3 Å². The highest BCUT2D eigenvalue weighted by molar-refractivity contribution is 7.07. The standard InChI is InChI=1S/C21H21N3O3S/c25-20-7-2-1-6-19(20)23-8-10-24(11-9-23)21(26)16-4-3-5-18(12-16)27-13-17-14-28-15-22-17/h1-7,12,14-15,25H,8-11,13H2. The highest BCUT2D eigenvalue weighted by Crippen LogP contribution is 2.27. The summed E-state index contributed by atoms with van der Waals surface area (Å²) in [7, 11) is 0. The molecule has 28 heavy (non-hydrogen) atoms. The number of aromatic hydroxyl groups is 1. The van der Waals surface area contributed by atoms with Crippen molar-refractivity contribution in [3.05, 3.63) is 70.7 Å². The topological polar surface area (TPSA) is 65.9 Å². The van der Waals surface area contributed by atoms with Gasteiger partial charge in [0.1, 0.15) is 18.1 Å². The largest absolute Gasteiger partial charge is 0.506 e. The molecule has 0 saturated carbocycles. The van der Waals surface area contributed by atoms with Gasteiger partial charge in [-0.25, -0.2) is 4.98 Å². The van der Waals surface area contributed by atoms with Crippen molar-refractivity contribution in [2.45, 2.75) is 6.61 Å². The number of rotatable bonds is 5. The quantitative estimate of drug-likeness (QED) is 0.717. The van der Waals surface area contributed by atoms with E-state index in [2.05, 4.69) is 9.88 Å². The first-order chi connectivity index (χ1) is 13.7. The summed E-state index contributed by atoms with van der Waals surface area (Å²) in [5.41, 5.74) is 4.08. The second kappa shape index (κ2) is 8.31. The maximum atomic E-state index is 12.9. The van der Waals surface area contributed by atoms with Crippen LogP contribution in [-0.2, 0) is 6.61 Å². The van der Waals surface area contributed by atoms with E-state index in [0.29, 0.717) is 44.1 Å². The van der Waals surface area contributed by atoms with Crippen LogP contribution in [-0.4, -0.2) is 47.1 Å². The lowest BCUT2D eigenvalue weighted by atomic mass is 10.1. The van der Waals surface area contributed by atoms with Crippen molar-refractivity contribution < 1.29 is 14.6 Å². The van der Waals surface area contributed by atoms with Gasteiger partial charge in [-0.1, -0.05) is 18.2 Å². The zero-order valence-electron chi connectivity index (χ0n) is 15.3. The first-order valence-electron chi connectivity index (χ1n) is 9.13. The molecule has 3 aromatic rings. The smallest absolute Gasteiger partial charge is 0.254 e. The van der Waals surface area contributed by atoms with Crippen LogP contribution >= 0.6 is 11.3 Å². The molecule has 0 aliphatic carbocycles. The number of piperazine rings is 1. The SMILES string of the molecule is O=C(c1cccc(OCc2cscn2)c1)N1CCN(c2ccccc2O)CC1. The molecule has 2 aromatic carbocycles. The van der Waals surface area contributed by atoms with Crippen LogP contribution in [0.1, 0.15) is 16.1 Å². The van der Waals surface area contributed by atoms with Gasteiger partial charge in [0.25, 0.3) is 5.91 Å². The summed E-state index contributed by atoms with van der Waals surface area (Å²) in [5.74, 6) is 0.926. The highest BCUT2D eigenvalue weighted by atomic mass is 32.1. The molecule has 1 N–H and O–H groups in total. The summed E-state index contributed by atoms with van der Waals surface area (Å²) >= 11 is 1.53. The fourth-order valence-corrected chi connectivity index (χ4v) is 3.79. The molecule has 144 valence electrons. The summed E-state index contributed by atoms with van der Waals surface area (Å²) in [5, 5.41) is 12.0. The van der Waals surface area contributed by atoms with Crippen LogP contribution < -0.4 is 9.64 Å². The van der Waals surface area contributed by atoms with Gasteiger partial charge in [0, 0.05) is 37.1 Å². The van der Waals surface area contributed by atoms with E-state index in [0.717, 1.165) is 11.4 Å². The lowest BCUT2D eigenvalue weighted by Gasteiger charge is -2.36. The van der Waals surface area contributed by atoms with Crippen molar-refractivity contribution in [3.63, 3.8) is 0 Å². The van der Waals surface area contributed by atoms with E-state index < -0.39 is 0 Å². The van der Waals surface area contributed by atoms with Gasteiger partial charge < -0.3 is 19.6 Å². The number of carbonyl (C=O) groups excluding carboxylic acids is 1. The number of carbonyl (C=O) groups is 1. The van der Waals surface area contributed by atoms with Crippen LogP contribution in [0, 0.1) is 0 Å². The minimum Gasteiger partial charge on any atom is -0.506 e. The number of phenolic OH excluding ortho intramolecular Hbond substituents is 1. The van der Waals surface area contributed by atoms with Gasteiger partial charge >= 0.3 is 0 Å². The number of para-hydroxylation sites is 2. The van der Waals surface area contributed by atoms with Crippen LogP contribution in [0.2, 0.25) is 0 Å². The van der Waals surface area contributed by atoms with E-state index in [9.17, 15) is 9.90 Å². The number of nitrogens with zero attached hydrogens (tertiary/aromatic N) is 3. The van der Waals surface area contributed by atoms with Crippen molar-refractivity contribution in [1.82, 2.24) is 9.88 Å². The minimum atomic E-state index is -0.00366. The normalized spacial score (nSPS) is 14.1. The Labute approximate surface area is 167 Å². The number of thiazole rings is 1. The minimum absolute atomic E-state index is 0.00366. The molecule has 0 spiro atoms. The molecule has 7 heteroatoms. The van der Waals surface area contributed by atoms with Crippen molar-refractivity contribution in [2.24, 2.45) is 0 Å². The van der Waals surface area contributed by atoms with E-state index in [1.807, 2.05) is 46.7 Å². The molecule has 4 rings (SSSR count). The molecule has 1 aromatic heterocycles. The molecule has 6 nitrogen and oxygen atoms in total. The number of hydrogen-bond acceptors (Lipinski definition) is 6. The number of anilines is 1. The van der Waals surface area contributed by atoms with Gasteiger partial charge in [0.15, 0.2) is 0 Å². The zero-order chi connectivity index (χ0) is 19.3. The molecule has 1 aliphatic heterocycles. The number of phenols is 1. The number of hydrogen-bond donors (Lipinski definition) is 1. The average molecular weight is 395 g/mol. The average Bonchev–Trinajstić information content (AvgIpc) is 3.26. The lowest BCUT2D eigenvalue weighted by Crippen LogP contribution is -2.48. The third kappa shape index (κ3) is 4.09. The van der Waals surface area contributed by atoms with E-state index >= 15 is 0 Å². The van der Waals surface area contributed by atoms with Crippen molar-refractivity contribution in [2.75, 3.05) is 31.1 Å². The van der Waals surface area contributed by atoms with Crippen LogP contribution in [0.25, 0.3) is 0 Å². The Balaban J connectivity index is 1.37. The predicted molar refractivity (Wildman–Crippen MR) is 109 cm³/mol. The summed E-state index contributed by atoms with van der Waals surface area (Å²) in [4.78, 5) is 21.0. The van der Waals surface area contributed by atoms with E-state index in [4.69, 9.17) is 4.74 Å². The molecule has 2 heterocycles. The second-order valence-corrected chi connectivity index (χ2v) is 7.28. The Morgan fingerprint density at radius 2 is 1.93 bits per heavy atom. The van der Waals surface area contributed by atoms with E-state index in [1.165, 1.54) is 11.3 Å². The first kappa shape index (κ1) is 18.3. The molecule has 1 aliphatic rings. The number of aromatic nitrogens is 1. The van der Waals surface area contributed by atoms with E-state index in [-0.39, 0.29) is 11.7 Å². The molecule has 0 atom stereocenters. The third-order valence-electron chi connectivity index (χ3n) is 4.74. The molecular formula is C21H21N3O3S. The van der Waals surface area contributed by atoms with Crippen molar-refractivity contribution in [1.29, 1.82) is 0 Å². The van der Waals surface area contributed by atoms with Gasteiger partial charge in [0.05, 0.1) is 16.9 Å². The highest BCUT2D eigenvalue weighted by Gasteiger charge is 2.23. The summed E-state index contributed by atoms with van der Waals surface area (Å²) in [6.07, 6.45) is 0. The zero-order valence-corrected chi connectivity index (χ0v) is 16.1. The molecule has 0 bridgehead atoms. The number of benzene rings is 2. The second-order valence-electron chi connectivity index (χ2n) is 6.56. The lowest BCUT2D eigenvalue weighted by molar-refractivity contribution is 0.0746. The third-order valence-corrected chi connectivity index (χ3v) is 5.38. The van der Waals surface area contributed by atoms with Crippen molar-refractivity contribution >= 4 is 22.9 Å². The Morgan fingerprint density at radius 3 is 2.68 bits per heavy atom. The predicted octanol–water partition coefficient (Wildman–Crippen LogP) is 3.39. The fraction of sp³-hybridized carbons (Fsp3) is 0.238. The van der Waals surface area contributed by atoms with Gasteiger partial charge in [0.2, 0.25) is 0 Å². The molecule has 1 amide bonds. The molecule has 0 radical (unpaired) electrons. The van der Waals surface area contributed by atoms with Crippen LogP contribution in [0.3, 0.4) is 0 Å². The Bertz CT molecular complexity index is 938. The van der Waals surface area contributed by atoms with E-state index in [1.54, 1.807) is 17.6 Å². The van der Waals surface area contributed by atoms with Gasteiger partial charge in [-0.05, 0) is 30.3 Å². The molecule has 0 unspecified atom stereocenters. The van der Waals surface area contributed by atoms with Crippen LogP contribution in [0.5, 0.6) is 11.5 Å². The van der Waals surface area contributed by atoms with Crippen LogP contribution in [0.15, 0.2) is 59.4 Å². The molecule has 1 fully saturated rings. The van der Waals surface area contributed by atoms with Crippen molar-refractivity contribution in [3.8, 4) is 11.5 Å².